The Hall–Kier alpha value is -1.17. The van der Waals surface area contributed by atoms with Crippen molar-refractivity contribution in [3.05, 3.63) is 64.1 Å². The molecule has 0 heterocycles. The number of rotatable bonds is 3. The monoisotopic (exact) mass is 378 g/mol. The minimum atomic E-state index is -3.71. The molecule has 5 heteroatoms. The second kappa shape index (κ2) is 5.18. The van der Waals surface area contributed by atoms with E-state index in [-0.39, 0.29) is 16.9 Å². The van der Waals surface area contributed by atoms with Gasteiger partial charge in [0.05, 0.1) is 11.0 Å². The number of benzene rings is 2. The molecule has 0 saturated heterocycles. The minimum absolute atomic E-state index is 0.200. The second-order valence-corrected chi connectivity index (χ2v) is 8.43. The lowest BCUT2D eigenvalue weighted by Crippen LogP contribution is -2.23. The van der Waals surface area contributed by atoms with Gasteiger partial charge < -0.3 is 0 Å². The lowest BCUT2D eigenvalue weighted by molar-refractivity contribution is 0.192. The van der Waals surface area contributed by atoms with E-state index in [0.717, 1.165) is 17.3 Å². The van der Waals surface area contributed by atoms with Crippen molar-refractivity contribution in [2.45, 2.75) is 35.7 Å². The quantitative estimate of drug-likeness (QED) is 0.751. The molecule has 4 rings (SSSR count). The first-order chi connectivity index (χ1) is 10.5. The van der Waals surface area contributed by atoms with Gasteiger partial charge in [-0.25, -0.2) is 0 Å². The van der Waals surface area contributed by atoms with E-state index in [4.69, 9.17) is 4.18 Å². The van der Waals surface area contributed by atoms with E-state index in [0.29, 0.717) is 5.92 Å². The zero-order valence-electron chi connectivity index (χ0n) is 11.8. The average Bonchev–Trinajstić information content (AvgIpc) is 3.06. The predicted octanol–water partition coefficient (Wildman–Crippen LogP) is 4.20. The topological polar surface area (TPSA) is 43.4 Å². The summed E-state index contributed by atoms with van der Waals surface area (Å²) in [6.07, 6.45) is 1.55. The summed E-state index contributed by atoms with van der Waals surface area (Å²) in [6.45, 7) is 0. The maximum Gasteiger partial charge on any atom is 0.297 e. The summed E-state index contributed by atoms with van der Waals surface area (Å²) in [5.74, 6) is 0.637. The summed E-state index contributed by atoms with van der Waals surface area (Å²) in [7, 11) is -3.71. The van der Waals surface area contributed by atoms with Crippen LogP contribution in [0.15, 0.2) is 57.9 Å². The molecule has 0 N–H and O–H groups in total. The second-order valence-electron chi connectivity index (χ2n) is 5.95. The van der Waals surface area contributed by atoms with Crippen LogP contribution in [-0.4, -0.2) is 14.5 Å². The molecule has 0 radical (unpaired) electrons. The highest BCUT2D eigenvalue weighted by Crippen LogP contribution is 2.54. The van der Waals surface area contributed by atoms with Gasteiger partial charge in [-0.05, 0) is 54.2 Å². The Morgan fingerprint density at radius 3 is 2.36 bits per heavy atom. The van der Waals surface area contributed by atoms with Gasteiger partial charge in [0.15, 0.2) is 0 Å². The van der Waals surface area contributed by atoms with Gasteiger partial charge in [-0.2, -0.15) is 8.42 Å². The minimum Gasteiger partial charge on any atom is -0.262 e. The van der Waals surface area contributed by atoms with Crippen molar-refractivity contribution in [2.24, 2.45) is 0 Å². The molecule has 0 aliphatic heterocycles. The van der Waals surface area contributed by atoms with Crippen molar-refractivity contribution in [1.82, 2.24) is 0 Å². The first kappa shape index (κ1) is 14.4. The zero-order chi connectivity index (χ0) is 15.3. The van der Waals surface area contributed by atoms with E-state index >= 15 is 0 Å². The number of hydrogen-bond donors (Lipinski definition) is 0. The lowest BCUT2D eigenvalue weighted by atomic mass is 9.90. The fourth-order valence-corrected chi connectivity index (χ4v) is 5.11. The fourth-order valence-electron chi connectivity index (χ4n) is 3.73. The Morgan fingerprint density at radius 1 is 0.955 bits per heavy atom. The van der Waals surface area contributed by atoms with Gasteiger partial charge in [-0.3, -0.25) is 4.18 Å². The third kappa shape index (κ3) is 2.32. The molecule has 1 fully saturated rings. The van der Waals surface area contributed by atoms with E-state index in [1.807, 2.05) is 12.1 Å². The lowest BCUT2D eigenvalue weighted by Gasteiger charge is -2.24. The van der Waals surface area contributed by atoms with Crippen LogP contribution in [0.1, 0.15) is 35.8 Å². The molecule has 2 aromatic carbocycles. The Balaban J connectivity index is 1.60. The van der Waals surface area contributed by atoms with Gasteiger partial charge in [0.25, 0.3) is 10.1 Å². The van der Waals surface area contributed by atoms with Crippen LogP contribution in [-0.2, 0) is 14.3 Å². The molecule has 2 aromatic rings. The third-order valence-corrected chi connectivity index (χ3v) is 6.57. The Morgan fingerprint density at radius 2 is 1.64 bits per heavy atom. The highest BCUT2D eigenvalue weighted by Gasteiger charge is 2.46. The molecule has 2 bridgehead atoms. The summed E-state index contributed by atoms with van der Waals surface area (Å²) >= 11 is 3.31. The van der Waals surface area contributed by atoms with Crippen LogP contribution in [0.3, 0.4) is 0 Å². The Labute approximate surface area is 138 Å². The van der Waals surface area contributed by atoms with Crippen LogP contribution < -0.4 is 0 Å². The number of halogens is 1. The fraction of sp³-hybridized carbons (Fsp3) is 0.294. The van der Waals surface area contributed by atoms with Crippen LogP contribution in [0.5, 0.6) is 0 Å². The van der Waals surface area contributed by atoms with Gasteiger partial charge in [0.2, 0.25) is 0 Å². The van der Waals surface area contributed by atoms with E-state index < -0.39 is 10.1 Å². The predicted molar refractivity (Wildman–Crippen MR) is 87.4 cm³/mol. The molecule has 2 aliphatic rings. The summed E-state index contributed by atoms with van der Waals surface area (Å²) in [4.78, 5) is 0.215. The van der Waals surface area contributed by atoms with E-state index in [2.05, 4.69) is 28.1 Å². The standard InChI is InChI=1S/C17H15BrO3S/c18-12-5-7-13(8-6-12)22(19,20)21-17-10-11-9-16(17)15-4-2-1-3-14(11)15/h1-8,11,16-17H,9-10H2. The number of fused-ring (bicyclic) bond motifs is 5. The van der Waals surface area contributed by atoms with Crippen molar-refractivity contribution >= 4 is 26.0 Å². The van der Waals surface area contributed by atoms with Crippen LogP contribution in [0.2, 0.25) is 0 Å². The van der Waals surface area contributed by atoms with E-state index in [1.165, 1.54) is 11.1 Å². The third-order valence-electron chi connectivity index (χ3n) is 4.69. The molecule has 3 unspecified atom stereocenters. The molecule has 22 heavy (non-hydrogen) atoms. The molecule has 3 nitrogen and oxygen atoms in total. The molecular formula is C17H15BrO3S. The van der Waals surface area contributed by atoms with Gasteiger partial charge in [0, 0.05) is 10.4 Å². The smallest absolute Gasteiger partial charge is 0.262 e. The van der Waals surface area contributed by atoms with Gasteiger partial charge in [0.1, 0.15) is 0 Å². The van der Waals surface area contributed by atoms with Crippen molar-refractivity contribution in [1.29, 1.82) is 0 Å². The van der Waals surface area contributed by atoms with Crippen molar-refractivity contribution in [3.63, 3.8) is 0 Å². The number of hydrogen-bond acceptors (Lipinski definition) is 3. The molecule has 114 valence electrons. The summed E-state index contributed by atoms with van der Waals surface area (Å²) in [6, 6.07) is 14.9. The van der Waals surface area contributed by atoms with Gasteiger partial charge in [-0.1, -0.05) is 40.2 Å². The van der Waals surface area contributed by atoms with Crippen LogP contribution in [0.25, 0.3) is 0 Å². The average molecular weight is 379 g/mol. The molecular weight excluding hydrogens is 364 g/mol. The molecule has 1 saturated carbocycles. The van der Waals surface area contributed by atoms with E-state index in [9.17, 15) is 8.42 Å². The van der Waals surface area contributed by atoms with Crippen molar-refractivity contribution in [3.8, 4) is 0 Å². The van der Waals surface area contributed by atoms with Crippen LogP contribution in [0, 0.1) is 0 Å². The van der Waals surface area contributed by atoms with Crippen molar-refractivity contribution in [2.75, 3.05) is 0 Å². The maximum atomic E-state index is 12.5. The first-order valence-corrected chi connectivity index (χ1v) is 9.52. The Kier molecular flexibility index (Phi) is 3.40. The summed E-state index contributed by atoms with van der Waals surface area (Å²) in [5.41, 5.74) is 2.63. The zero-order valence-corrected chi connectivity index (χ0v) is 14.2. The normalized spacial score (nSPS) is 26.1. The van der Waals surface area contributed by atoms with Crippen LogP contribution in [0.4, 0.5) is 0 Å². The largest absolute Gasteiger partial charge is 0.297 e. The molecule has 0 amide bonds. The molecule has 0 spiro atoms. The SMILES string of the molecule is O=S(=O)(OC1CC2CC1c1ccccc12)c1ccc(Br)cc1. The first-order valence-electron chi connectivity index (χ1n) is 7.32. The van der Waals surface area contributed by atoms with Crippen molar-refractivity contribution < 1.29 is 12.6 Å². The molecule has 3 atom stereocenters. The molecule has 2 aliphatic carbocycles. The van der Waals surface area contributed by atoms with E-state index in [1.54, 1.807) is 24.3 Å². The highest BCUT2D eigenvalue weighted by molar-refractivity contribution is 9.10. The van der Waals surface area contributed by atoms with Gasteiger partial charge in [-0.15, -0.1) is 0 Å². The van der Waals surface area contributed by atoms with Gasteiger partial charge >= 0.3 is 0 Å². The maximum absolute atomic E-state index is 12.5. The molecule has 0 aromatic heterocycles. The summed E-state index contributed by atoms with van der Waals surface area (Å²) < 4.78 is 31.3. The Bertz CT molecular complexity index is 814. The van der Waals surface area contributed by atoms with Crippen LogP contribution >= 0.6 is 15.9 Å². The highest BCUT2D eigenvalue weighted by atomic mass is 79.9. The summed E-state index contributed by atoms with van der Waals surface area (Å²) in [5, 5.41) is 0.